The van der Waals surface area contributed by atoms with Crippen LogP contribution in [0.2, 0.25) is 0 Å². The predicted octanol–water partition coefficient (Wildman–Crippen LogP) is 2.55. The van der Waals surface area contributed by atoms with E-state index in [-0.39, 0.29) is 17.6 Å². The second-order valence-corrected chi connectivity index (χ2v) is 7.23. The number of hydrogen-bond acceptors (Lipinski definition) is 4. The first-order chi connectivity index (χ1) is 12.0. The van der Waals surface area contributed by atoms with Gasteiger partial charge in [-0.05, 0) is 57.4 Å². The van der Waals surface area contributed by atoms with Crippen molar-refractivity contribution in [2.24, 2.45) is 0 Å². The summed E-state index contributed by atoms with van der Waals surface area (Å²) >= 11 is 0. The van der Waals surface area contributed by atoms with Gasteiger partial charge in [-0.2, -0.15) is 5.26 Å². The average molecular weight is 341 g/mol. The van der Waals surface area contributed by atoms with Crippen LogP contribution in [0.1, 0.15) is 44.2 Å². The molecule has 2 atom stereocenters. The number of benzene rings is 1. The molecule has 0 bridgehead atoms. The molecule has 0 aliphatic carbocycles. The fourth-order valence-corrected chi connectivity index (χ4v) is 4.01. The van der Waals surface area contributed by atoms with Crippen molar-refractivity contribution in [3.8, 4) is 6.07 Å². The molecule has 2 aliphatic heterocycles. The SMILES string of the molecule is CCN1C[C@@]2(CCCN(Cc3ccc(C#N)cc3)CC2)O[C@@H](C)C1=O. The van der Waals surface area contributed by atoms with Crippen LogP contribution in [0.25, 0.3) is 0 Å². The maximum absolute atomic E-state index is 12.2. The topological polar surface area (TPSA) is 56.6 Å². The zero-order valence-corrected chi connectivity index (χ0v) is 15.2. The summed E-state index contributed by atoms with van der Waals surface area (Å²) in [6.45, 7) is 8.30. The molecule has 1 spiro atoms. The Morgan fingerprint density at radius 3 is 2.72 bits per heavy atom. The fraction of sp³-hybridized carbons (Fsp3) is 0.600. The normalized spacial score (nSPS) is 28.0. The lowest BCUT2D eigenvalue weighted by Crippen LogP contribution is -2.58. The molecule has 5 nitrogen and oxygen atoms in total. The smallest absolute Gasteiger partial charge is 0.251 e. The number of morpholine rings is 1. The quantitative estimate of drug-likeness (QED) is 0.848. The molecule has 0 saturated carbocycles. The van der Waals surface area contributed by atoms with E-state index in [1.807, 2.05) is 43.0 Å². The number of hydrogen-bond donors (Lipinski definition) is 0. The predicted molar refractivity (Wildman–Crippen MR) is 95.8 cm³/mol. The van der Waals surface area contributed by atoms with Crippen molar-refractivity contribution in [1.82, 2.24) is 9.80 Å². The van der Waals surface area contributed by atoms with Gasteiger partial charge in [0, 0.05) is 26.2 Å². The number of carbonyl (C=O) groups excluding carboxylic acids is 1. The van der Waals surface area contributed by atoms with Gasteiger partial charge in [-0.25, -0.2) is 0 Å². The van der Waals surface area contributed by atoms with Gasteiger partial charge in [0.2, 0.25) is 0 Å². The van der Waals surface area contributed by atoms with Gasteiger partial charge in [0.25, 0.3) is 5.91 Å². The first-order valence-corrected chi connectivity index (χ1v) is 9.23. The van der Waals surface area contributed by atoms with Crippen LogP contribution >= 0.6 is 0 Å². The summed E-state index contributed by atoms with van der Waals surface area (Å²) in [4.78, 5) is 16.6. The van der Waals surface area contributed by atoms with E-state index in [9.17, 15) is 4.79 Å². The van der Waals surface area contributed by atoms with E-state index in [2.05, 4.69) is 11.0 Å². The molecule has 5 heteroatoms. The highest BCUT2D eigenvalue weighted by Gasteiger charge is 2.43. The molecular formula is C20H27N3O2. The number of likely N-dealkylation sites (N-methyl/N-ethyl adjacent to an activating group) is 1. The van der Waals surface area contributed by atoms with Gasteiger partial charge in [-0.1, -0.05) is 12.1 Å². The molecule has 0 radical (unpaired) electrons. The van der Waals surface area contributed by atoms with Gasteiger partial charge < -0.3 is 9.64 Å². The van der Waals surface area contributed by atoms with Gasteiger partial charge in [-0.15, -0.1) is 0 Å². The van der Waals surface area contributed by atoms with E-state index in [1.54, 1.807) is 0 Å². The van der Waals surface area contributed by atoms with Crippen LogP contribution < -0.4 is 0 Å². The lowest BCUT2D eigenvalue weighted by Gasteiger charge is -2.44. The summed E-state index contributed by atoms with van der Waals surface area (Å²) in [6.07, 6.45) is 2.70. The minimum Gasteiger partial charge on any atom is -0.360 e. The average Bonchev–Trinajstić information content (AvgIpc) is 2.81. The minimum atomic E-state index is -0.334. The number of nitrogens with zero attached hydrogens (tertiary/aromatic N) is 3. The first kappa shape index (κ1) is 17.9. The van der Waals surface area contributed by atoms with Crippen LogP contribution in [0.5, 0.6) is 0 Å². The molecule has 0 unspecified atom stereocenters. The lowest BCUT2D eigenvalue weighted by molar-refractivity contribution is -0.182. The van der Waals surface area contributed by atoms with Crippen LogP contribution in [-0.2, 0) is 16.1 Å². The van der Waals surface area contributed by atoms with Crippen LogP contribution in [0, 0.1) is 11.3 Å². The van der Waals surface area contributed by atoms with E-state index >= 15 is 0 Å². The van der Waals surface area contributed by atoms with Crippen LogP contribution in [0.4, 0.5) is 0 Å². The molecule has 2 aliphatic rings. The molecule has 134 valence electrons. The molecule has 3 rings (SSSR count). The van der Waals surface area contributed by atoms with Crippen molar-refractivity contribution in [1.29, 1.82) is 5.26 Å². The Morgan fingerprint density at radius 1 is 1.28 bits per heavy atom. The Bertz CT molecular complexity index is 652. The van der Waals surface area contributed by atoms with Crippen molar-refractivity contribution in [2.45, 2.75) is 51.4 Å². The molecule has 0 aromatic heterocycles. The number of carbonyl (C=O) groups is 1. The van der Waals surface area contributed by atoms with E-state index in [0.717, 1.165) is 52.0 Å². The van der Waals surface area contributed by atoms with Crippen molar-refractivity contribution < 1.29 is 9.53 Å². The standard InChI is InChI=1S/C20H27N3O2/c1-3-23-15-20(25-16(2)19(23)24)9-4-11-22(12-10-20)14-18-7-5-17(13-21)6-8-18/h5-8,16H,3-4,9-12,14-15H2,1-2H3/t16-,20-/m0/s1. The van der Waals surface area contributed by atoms with Crippen LogP contribution in [-0.4, -0.2) is 53.6 Å². The third kappa shape index (κ3) is 4.02. The van der Waals surface area contributed by atoms with Crippen LogP contribution in [0.15, 0.2) is 24.3 Å². The van der Waals surface area contributed by atoms with E-state index in [4.69, 9.17) is 10.00 Å². The van der Waals surface area contributed by atoms with Gasteiger partial charge >= 0.3 is 0 Å². The molecule has 0 N–H and O–H groups in total. The third-order valence-corrected chi connectivity index (χ3v) is 5.43. The second-order valence-electron chi connectivity index (χ2n) is 7.23. The summed E-state index contributed by atoms with van der Waals surface area (Å²) in [5.74, 6) is 0.117. The Hall–Kier alpha value is -1.90. The molecule has 25 heavy (non-hydrogen) atoms. The largest absolute Gasteiger partial charge is 0.360 e. The van der Waals surface area contributed by atoms with Crippen molar-refractivity contribution in [3.63, 3.8) is 0 Å². The van der Waals surface area contributed by atoms with Gasteiger partial charge in [0.1, 0.15) is 6.10 Å². The molecule has 1 amide bonds. The molecule has 1 aromatic carbocycles. The summed E-state index contributed by atoms with van der Waals surface area (Å²) in [7, 11) is 0. The Labute approximate surface area is 150 Å². The first-order valence-electron chi connectivity index (χ1n) is 9.23. The van der Waals surface area contributed by atoms with Gasteiger partial charge in [0.05, 0.1) is 17.2 Å². The molecular weight excluding hydrogens is 314 g/mol. The minimum absolute atomic E-state index is 0.117. The fourth-order valence-electron chi connectivity index (χ4n) is 4.01. The van der Waals surface area contributed by atoms with Crippen LogP contribution in [0.3, 0.4) is 0 Å². The van der Waals surface area contributed by atoms with E-state index in [1.165, 1.54) is 5.56 Å². The Kier molecular flexibility index (Phi) is 5.41. The van der Waals surface area contributed by atoms with Crippen molar-refractivity contribution >= 4 is 5.91 Å². The highest BCUT2D eigenvalue weighted by atomic mass is 16.5. The van der Waals surface area contributed by atoms with Gasteiger partial charge in [0.15, 0.2) is 0 Å². The summed E-state index contributed by atoms with van der Waals surface area (Å²) in [6, 6.07) is 10.00. The highest BCUT2D eigenvalue weighted by Crippen LogP contribution is 2.33. The second kappa shape index (κ2) is 7.55. The van der Waals surface area contributed by atoms with Crippen molar-refractivity contribution in [2.75, 3.05) is 26.2 Å². The summed E-state index contributed by atoms with van der Waals surface area (Å²) in [5, 5.41) is 8.91. The zero-order chi connectivity index (χ0) is 17.9. The van der Waals surface area contributed by atoms with E-state index < -0.39 is 0 Å². The maximum Gasteiger partial charge on any atom is 0.251 e. The van der Waals surface area contributed by atoms with E-state index in [0.29, 0.717) is 5.56 Å². The Balaban J connectivity index is 1.63. The summed E-state index contributed by atoms with van der Waals surface area (Å²) in [5.41, 5.74) is 1.74. The van der Waals surface area contributed by atoms with Crippen molar-refractivity contribution in [3.05, 3.63) is 35.4 Å². The summed E-state index contributed by atoms with van der Waals surface area (Å²) < 4.78 is 6.21. The monoisotopic (exact) mass is 341 g/mol. The molecule has 2 heterocycles. The number of rotatable bonds is 3. The Morgan fingerprint density at radius 2 is 2.04 bits per heavy atom. The molecule has 1 aromatic rings. The maximum atomic E-state index is 12.2. The number of ether oxygens (including phenoxy) is 1. The highest BCUT2D eigenvalue weighted by molar-refractivity contribution is 5.81. The molecule has 2 saturated heterocycles. The number of amides is 1. The third-order valence-electron chi connectivity index (χ3n) is 5.43. The van der Waals surface area contributed by atoms with Gasteiger partial charge in [-0.3, -0.25) is 9.69 Å². The lowest BCUT2D eigenvalue weighted by atomic mass is 9.91. The molecule has 2 fully saturated rings. The number of likely N-dealkylation sites (tertiary alicyclic amines) is 1. The zero-order valence-electron chi connectivity index (χ0n) is 15.2. The number of nitriles is 1.